The number of carbonyl (C=O) groups is 1. The SMILES string of the molecule is Cc1ccc(C)n1-c1sccc1C(=O)N(C)CC(C)(C)O. The smallest absolute Gasteiger partial charge is 0.256 e. The summed E-state index contributed by atoms with van der Waals surface area (Å²) in [5, 5.41) is 12.7. The van der Waals surface area contributed by atoms with Gasteiger partial charge in [-0.1, -0.05) is 0 Å². The highest BCUT2D eigenvalue weighted by molar-refractivity contribution is 7.13. The average Bonchev–Trinajstić information content (AvgIpc) is 2.93. The Kier molecular flexibility index (Phi) is 4.25. The Labute approximate surface area is 129 Å². The average molecular weight is 306 g/mol. The number of likely N-dealkylation sites (N-methyl/N-ethyl adjacent to an activating group) is 1. The number of hydrogen-bond donors (Lipinski definition) is 1. The predicted molar refractivity (Wildman–Crippen MR) is 86.4 cm³/mol. The fourth-order valence-corrected chi connectivity index (χ4v) is 3.49. The zero-order chi connectivity index (χ0) is 15.8. The molecule has 0 aliphatic carbocycles. The molecule has 21 heavy (non-hydrogen) atoms. The van der Waals surface area contributed by atoms with Crippen molar-refractivity contribution in [2.24, 2.45) is 0 Å². The number of aliphatic hydroxyl groups is 1. The minimum absolute atomic E-state index is 0.0686. The van der Waals surface area contributed by atoms with Crippen LogP contribution in [-0.4, -0.2) is 39.7 Å². The third-order valence-corrected chi connectivity index (χ3v) is 4.22. The number of aromatic nitrogens is 1. The van der Waals surface area contributed by atoms with Gasteiger partial charge in [0.2, 0.25) is 0 Å². The minimum Gasteiger partial charge on any atom is -0.389 e. The van der Waals surface area contributed by atoms with Crippen molar-refractivity contribution in [1.29, 1.82) is 0 Å². The molecule has 0 saturated heterocycles. The van der Waals surface area contributed by atoms with Gasteiger partial charge in [0.05, 0.1) is 11.2 Å². The Bertz CT molecular complexity index is 630. The van der Waals surface area contributed by atoms with Crippen LogP contribution in [0.25, 0.3) is 5.00 Å². The molecule has 4 nitrogen and oxygen atoms in total. The summed E-state index contributed by atoms with van der Waals surface area (Å²) in [5.74, 6) is -0.0686. The summed E-state index contributed by atoms with van der Waals surface area (Å²) in [6.07, 6.45) is 0. The molecule has 0 unspecified atom stereocenters. The van der Waals surface area contributed by atoms with Gasteiger partial charge in [-0.25, -0.2) is 0 Å². The van der Waals surface area contributed by atoms with E-state index in [1.54, 1.807) is 37.1 Å². The fraction of sp³-hybridized carbons (Fsp3) is 0.438. The van der Waals surface area contributed by atoms with Crippen LogP contribution >= 0.6 is 11.3 Å². The standard InChI is InChI=1S/C16H22N2O2S/c1-11-6-7-12(2)18(11)15-13(8-9-21-15)14(19)17(5)10-16(3,4)20/h6-9,20H,10H2,1-5H3. The molecule has 0 bridgehead atoms. The number of rotatable bonds is 4. The first-order valence-corrected chi connectivity index (χ1v) is 7.79. The van der Waals surface area contributed by atoms with Crippen molar-refractivity contribution in [2.75, 3.05) is 13.6 Å². The molecule has 0 radical (unpaired) electrons. The predicted octanol–water partition coefficient (Wildman–Crippen LogP) is 3.00. The summed E-state index contributed by atoms with van der Waals surface area (Å²) in [6, 6.07) is 5.94. The first-order chi connectivity index (χ1) is 9.70. The highest BCUT2D eigenvalue weighted by atomic mass is 32.1. The normalized spacial score (nSPS) is 11.7. The molecular weight excluding hydrogens is 284 g/mol. The molecular formula is C16H22N2O2S. The first-order valence-electron chi connectivity index (χ1n) is 6.91. The summed E-state index contributed by atoms with van der Waals surface area (Å²) in [4.78, 5) is 14.2. The number of aryl methyl sites for hydroxylation is 2. The number of thiophene rings is 1. The van der Waals surface area contributed by atoms with Gasteiger partial charge in [0, 0.05) is 25.0 Å². The molecule has 2 aromatic heterocycles. The van der Waals surface area contributed by atoms with E-state index >= 15 is 0 Å². The van der Waals surface area contributed by atoms with Crippen LogP contribution in [0.1, 0.15) is 35.6 Å². The lowest BCUT2D eigenvalue weighted by atomic mass is 10.1. The third-order valence-electron chi connectivity index (χ3n) is 3.32. The molecule has 5 heteroatoms. The van der Waals surface area contributed by atoms with Gasteiger partial charge < -0.3 is 14.6 Å². The van der Waals surface area contributed by atoms with Gasteiger partial charge in [-0.2, -0.15) is 0 Å². The Hall–Kier alpha value is -1.59. The molecule has 0 atom stereocenters. The zero-order valence-electron chi connectivity index (χ0n) is 13.2. The number of hydrogen-bond acceptors (Lipinski definition) is 3. The Morgan fingerprint density at radius 1 is 1.29 bits per heavy atom. The van der Waals surface area contributed by atoms with Gasteiger partial charge in [0.15, 0.2) is 0 Å². The van der Waals surface area contributed by atoms with Crippen LogP contribution in [0.3, 0.4) is 0 Å². The lowest BCUT2D eigenvalue weighted by Gasteiger charge is -2.25. The van der Waals surface area contributed by atoms with Gasteiger partial charge >= 0.3 is 0 Å². The molecule has 0 aliphatic rings. The molecule has 1 amide bonds. The van der Waals surface area contributed by atoms with Gasteiger partial charge in [0.25, 0.3) is 5.91 Å². The van der Waals surface area contributed by atoms with E-state index in [2.05, 4.69) is 4.57 Å². The maximum atomic E-state index is 12.6. The Balaban J connectivity index is 2.35. The van der Waals surface area contributed by atoms with Crippen molar-refractivity contribution in [3.05, 3.63) is 40.5 Å². The first kappa shape index (κ1) is 15.8. The third kappa shape index (κ3) is 3.36. The largest absolute Gasteiger partial charge is 0.389 e. The van der Waals surface area contributed by atoms with Crippen molar-refractivity contribution >= 4 is 17.2 Å². The highest BCUT2D eigenvalue weighted by Gasteiger charge is 2.23. The van der Waals surface area contributed by atoms with Crippen LogP contribution in [0.5, 0.6) is 0 Å². The van der Waals surface area contributed by atoms with E-state index < -0.39 is 5.60 Å². The van der Waals surface area contributed by atoms with Crippen molar-refractivity contribution in [2.45, 2.75) is 33.3 Å². The van der Waals surface area contributed by atoms with Crippen LogP contribution in [0.2, 0.25) is 0 Å². The Morgan fingerprint density at radius 2 is 1.86 bits per heavy atom. The molecule has 0 aromatic carbocycles. The van der Waals surface area contributed by atoms with E-state index in [0.29, 0.717) is 12.1 Å². The summed E-state index contributed by atoms with van der Waals surface area (Å²) in [7, 11) is 1.72. The Morgan fingerprint density at radius 3 is 2.38 bits per heavy atom. The molecule has 2 rings (SSSR count). The molecule has 0 fully saturated rings. The van der Waals surface area contributed by atoms with Gasteiger partial charge in [0.1, 0.15) is 5.00 Å². The van der Waals surface area contributed by atoms with Crippen molar-refractivity contribution < 1.29 is 9.90 Å². The van der Waals surface area contributed by atoms with Crippen molar-refractivity contribution in [1.82, 2.24) is 9.47 Å². The van der Waals surface area contributed by atoms with Gasteiger partial charge in [-0.3, -0.25) is 4.79 Å². The second-order valence-electron chi connectivity index (χ2n) is 6.06. The van der Waals surface area contributed by atoms with Gasteiger partial charge in [-0.15, -0.1) is 11.3 Å². The van der Waals surface area contributed by atoms with Crippen LogP contribution < -0.4 is 0 Å². The monoisotopic (exact) mass is 306 g/mol. The van der Waals surface area contributed by atoms with Gasteiger partial charge in [-0.05, 0) is 51.3 Å². The van der Waals surface area contributed by atoms with E-state index in [-0.39, 0.29) is 5.91 Å². The second kappa shape index (κ2) is 5.66. The second-order valence-corrected chi connectivity index (χ2v) is 6.96. The maximum Gasteiger partial charge on any atom is 0.256 e. The summed E-state index contributed by atoms with van der Waals surface area (Å²) in [5.41, 5.74) is 1.98. The number of nitrogens with zero attached hydrogens (tertiary/aromatic N) is 2. The molecule has 1 N–H and O–H groups in total. The van der Waals surface area contributed by atoms with Crippen molar-refractivity contribution in [3.63, 3.8) is 0 Å². The fourth-order valence-electron chi connectivity index (χ4n) is 2.48. The molecule has 2 heterocycles. The maximum absolute atomic E-state index is 12.6. The molecule has 114 valence electrons. The molecule has 0 spiro atoms. The van der Waals surface area contributed by atoms with E-state index in [4.69, 9.17) is 0 Å². The van der Waals surface area contributed by atoms with E-state index in [9.17, 15) is 9.90 Å². The molecule has 0 aliphatic heterocycles. The highest BCUT2D eigenvalue weighted by Crippen LogP contribution is 2.27. The quantitative estimate of drug-likeness (QED) is 0.944. The van der Waals surface area contributed by atoms with Crippen LogP contribution in [0, 0.1) is 13.8 Å². The van der Waals surface area contributed by atoms with E-state index in [0.717, 1.165) is 16.4 Å². The van der Waals surface area contributed by atoms with Crippen LogP contribution in [-0.2, 0) is 0 Å². The number of amides is 1. The lowest BCUT2D eigenvalue weighted by Crippen LogP contribution is -2.39. The van der Waals surface area contributed by atoms with Crippen LogP contribution in [0.4, 0.5) is 0 Å². The zero-order valence-corrected chi connectivity index (χ0v) is 14.0. The molecule has 2 aromatic rings. The van der Waals surface area contributed by atoms with E-state index in [1.807, 2.05) is 37.4 Å². The topological polar surface area (TPSA) is 45.5 Å². The lowest BCUT2D eigenvalue weighted by molar-refractivity contribution is 0.0368. The summed E-state index contributed by atoms with van der Waals surface area (Å²) in [6.45, 7) is 7.75. The minimum atomic E-state index is -0.903. The van der Waals surface area contributed by atoms with Crippen LogP contribution in [0.15, 0.2) is 23.6 Å². The van der Waals surface area contributed by atoms with E-state index in [1.165, 1.54) is 0 Å². The molecule has 0 saturated carbocycles. The number of carbonyl (C=O) groups excluding carboxylic acids is 1. The summed E-state index contributed by atoms with van der Waals surface area (Å²) < 4.78 is 2.09. The van der Waals surface area contributed by atoms with Crippen molar-refractivity contribution in [3.8, 4) is 5.00 Å². The summed E-state index contributed by atoms with van der Waals surface area (Å²) >= 11 is 1.55.